The van der Waals surface area contributed by atoms with Gasteiger partial charge in [-0.25, -0.2) is 21.9 Å². The number of nitrogen functional groups attached to an aromatic ring is 1. The van der Waals surface area contributed by atoms with Crippen LogP contribution in [0.2, 0.25) is 0 Å². The van der Waals surface area contributed by atoms with E-state index in [9.17, 15) is 17.2 Å². The van der Waals surface area contributed by atoms with Crippen molar-refractivity contribution in [1.82, 2.24) is 4.72 Å². The smallest absolute Gasteiger partial charge is 0.243 e. The largest absolute Gasteiger partial charge is 0.399 e. The molecular weight excluding hydrogens is 286 g/mol. The van der Waals surface area contributed by atoms with E-state index in [1.54, 1.807) is 0 Å². The maximum Gasteiger partial charge on any atom is 0.243 e. The van der Waals surface area contributed by atoms with E-state index in [1.165, 1.54) is 0 Å². The van der Waals surface area contributed by atoms with Gasteiger partial charge in [0.2, 0.25) is 10.0 Å². The van der Waals surface area contributed by atoms with Gasteiger partial charge in [-0.05, 0) is 23.5 Å². The lowest BCUT2D eigenvalue weighted by atomic mass is 9.82. The molecule has 3 N–H and O–H groups in total. The van der Waals surface area contributed by atoms with Gasteiger partial charge < -0.3 is 5.73 Å². The lowest BCUT2D eigenvalue weighted by Gasteiger charge is -2.27. The Balaban J connectivity index is 3.02. The molecule has 0 spiro atoms. The van der Waals surface area contributed by atoms with Gasteiger partial charge in [0.1, 0.15) is 4.90 Å². The van der Waals surface area contributed by atoms with Crippen molar-refractivity contribution in [2.24, 2.45) is 11.3 Å². The molecule has 4 nitrogen and oxygen atoms in total. The molecule has 0 saturated carbocycles. The molecule has 0 aliphatic carbocycles. The van der Waals surface area contributed by atoms with Crippen molar-refractivity contribution in [2.75, 3.05) is 12.3 Å². The van der Waals surface area contributed by atoms with Gasteiger partial charge in [-0.2, -0.15) is 0 Å². The lowest BCUT2D eigenvalue weighted by Crippen LogP contribution is -2.34. The fraction of sp³-hybridized carbons (Fsp3) is 0.538. The van der Waals surface area contributed by atoms with Gasteiger partial charge in [-0.1, -0.05) is 27.7 Å². The molecule has 114 valence electrons. The van der Waals surface area contributed by atoms with Gasteiger partial charge in [-0.3, -0.25) is 0 Å². The first kappa shape index (κ1) is 16.8. The molecule has 1 aromatic carbocycles. The van der Waals surface area contributed by atoms with Crippen LogP contribution in [0.3, 0.4) is 0 Å². The molecule has 20 heavy (non-hydrogen) atoms. The fourth-order valence-electron chi connectivity index (χ4n) is 1.40. The van der Waals surface area contributed by atoms with Gasteiger partial charge in [-0.15, -0.1) is 0 Å². The fourth-order valence-corrected chi connectivity index (χ4v) is 2.65. The van der Waals surface area contributed by atoms with Crippen LogP contribution >= 0.6 is 0 Å². The summed E-state index contributed by atoms with van der Waals surface area (Å²) in [6, 6.07) is 1.65. The third kappa shape index (κ3) is 3.89. The van der Waals surface area contributed by atoms with Crippen LogP contribution in [-0.2, 0) is 10.0 Å². The summed E-state index contributed by atoms with van der Waals surface area (Å²) in [4.78, 5) is -0.767. The Labute approximate surface area is 118 Å². The summed E-state index contributed by atoms with van der Waals surface area (Å²) >= 11 is 0. The SMILES string of the molecule is CC(CNS(=O)(=O)c1cc(N)cc(F)c1F)C(C)(C)C. The third-order valence-electron chi connectivity index (χ3n) is 3.36. The first-order valence-electron chi connectivity index (χ1n) is 6.19. The second-order valence-electron chi connectivity index (χ2n) is 5.93. The molecule has 0 aliphatic heterocycles. The van der Waals surface area contributed by atoms with Gasteiger partial charge in [0.25, 0.3) is 0 Å². The lowest BCUT2D eigenvalue weighted by molar-refractivity contribution is 0.263. The number of hydrogen-bond acceptors (Lipinski definition) is 3. The second kappa shape index (κ2) is 5.65. The molecule has 1 aromatic rings. The van der Waals surface area contributed by atoms with Gasteiger partial charge in [0.05, 0.1) is 0 Å². The highest BCUT2D eigenvalue weighted by atomic mass is 32.2. The van der Waals surface area contributed by atoms with E-state index in [0.717, 1.165) is 12.1 Å². The second-order valence-corrected chi connectivity index (χ2v) is 7.67. The normalized spacial score (nSPS) is 14.3. The average Bonchev–Trinajstić information content (AvgIpc) is 2.29. The number of rotatable bonds is 4. The number of sulfonamides is 1. The van der Waals surface area contributed by atoms with E-state index >= 15 is 0 Å². The summed E-state index contributed by atoms with van der Waals surface area (Å²) < 4.78 is 53.1. The minimum atomic E-state index is -4.14. The van der Waals surface area contributed by atoms with E-state index in [-0.39, 0.29) is 23.6 Å². The maximum atomic E-state index is 13.6. The highest BCUT2D eigenvalue weighted by Gasteiger charge is 2.26. The van der Waals surface area contributed by atoms with Crippen LogP contribution < -0.4 is 10.5 Å². The average molecular weight is 306 g/mol. The Morgan fingerprint density at radius 1 is 1.30 bits per heavy atom. The van der Waals surface area contributed by atoms with Crippen LogP contribution in [0.1, 0.15) is 27.7 Å². The Hall–Kier alpha value is -1.21. The summed E-state index contributed by atoms with van der Waals surface area (Å²) in [5, 5.41) is 0. The standard InChI is InChI=1S/C13H20F2N2O2S/c1-8(13(2,3)4)7-17-20(18,19)11-6-9(16)5-10(14)12(11)15/h5-6,8,17H,7,16H2,1-4H3. The summed E-state index contributed by atoms with van der Waals surface area (Å²) in [6.07, 6.45) is 0. The molecule has 1 rings (SSSR count). The molecule has 0 aliphatic rings. The molecule has 7 heteroatoms. The zero-order valence-electron chi connectivity index (χ0n) is 12.0. The van der Waals surface area contributed by atoms with E-state index in [0.29, 0.717) is 0 Å². The summed E-state index contributed by atoms with van der Waals surface area (Å²) in [5.41, 5.74) is 5.10. The van der Waals surface area contributed by atoms with Crippen molar-refractivity contribution in [3.05, 3.63) is 23.8 Å². The zero-order valence-corrected chi connectivity index (χ0v) is 12.8. The highest BCUT2D eigenvalue weighted by Crippen LogP contribution is 2.26. The number of nitrogens with two attached hydrogens (primary N) is 1. The summed E-state index contributed by atoms with van der Waals surface area (Å²) in [7, 11) is -4.14. The summed E-state index contributed by atoms with van der Waals surface area (Å²) in [6.45, 7) is 7.90. The molecule has 0 fully saturated rings. The van der Waals surface area contributed by atoms with Gasteiger partial charge in [0, 0.05) is 12.2 Å². The van der Waals surface area contributed by atoms with Crippen molar-refractivity contribution < 1.29 is 17.2 Å². The number of anilines is 1. The van der Waals surface area contributed by atoms with E-state index in [2.05, 4.69) is 4.72 Å². The van der Waals surface area contributed by atoms with Crippen LogP contribution in [0, 0.1) is 23.0 Å². The quantitative estimate of drug-likeness (QED) is 0.840. The topological polar surface area (TPSA) is 72.2 Å². The van der Waals surface area contributed by atoms with Crippen LogP contribution in [0.25, 0.3) is 0 Å². The number of benzene rings is 1. The molecule has 0 radical (unpaired) electrons. The molecular formula is C13H20F2N2O2S. The number of nitrogens with one attached hydrogen (secondary N) is 1. The van der Waals surface area contributed by atoms with Crippen molar-refractivity contribution in [1.29, 1.82) is 0 Å². The minimum Gasteiger partial charge on any atom is -0.399 e. The van der Waals surface area contributed by atoms with Crippen LogP contribution in [0.4, 0.5) is 14.5 Å². The zero-order chi connectivity index (χ0) is 15.7. The first-order valence-corrected chi connectivity index (χ1v) is 7.67. The van der Waals surface area contributed by atoms with Crippen molar-refractivity contribution in [3.8, 4) is 0 Å². The summed E-state index contributed by atoms with van der Waals surface area (Å²) in [5.74, 6) is -2.68. The van der Waals surface area contributed by atoms with Crippen molar-refractivity contribution in [2.45, 2.75) is 32.6 Å². The van der Waals surface area contributed by atoms with Crippen LogP contribution in [0.5, 0.6) is 0 Å². The Kier molecular flexibility index (Phi) is 4.76. The molecule has 1 unspecified atom stereocenters. The van der Waals surface area contributed by atoms with Crippen molar-refractivity contribution >= 4 is 15.7 Å². The molecule has 0 saturated heterocycles. The monoisotopic (exact) mass is 306 g/mol. The Morgan fingerprint density at radius 2 is 1.85 bits per heavy atom. The molecule has 0 aromatic heterocycles. The highest BCUT2D eigenvalue weighted by molar-refractivity contribution is 7.89. The molecule has 0 heterocycles. The Morgan fingerprint density at radius 3 is 2.35 bits per heavy atom. The number of hydrogen-bond donors (Lipinski definition) is 2. The molecule has 1 atom stereocenters. The van der Waals surface area contributed by atoms with E-state index in [4.69, 9.17) is 5.73 Å². The Bertz CT molecular complexity index is 595. The number of halogens is 2. The predicted molar refractivity (Wildman–Crippen MR) is 74.6 cm³/mol. The van der Waals surface area contributed by atoms with Crippen molar-refractivity contribution in [3.63, 3.8) is 0 Å². The molecule has 0 bridgehead atoms. The van der Waals surface area contributed by atoms with Gasteiger partial charge in [0.15, 0.2) is 11.6 Å². The third-order valence-corrected chi connectivity index (χ3v) is 4.79. The predicted octanol–water partition coefficient (Wildman–Crippen LogP) is 2.51. The first-order chi connectivity index (χ1) is 8.95. The van der Waals surface area contributed by atoms with E-state index in [1.807, 2.05) is 27.7 Å². The van der Waals surface area contributed by atoms with Crippen LogP contribution in [0.15, 0.2) is 17.0 Å². The van der Waals surface area contributed by atoms with Gasteiger partial charge >= 0.3 is 0 Å². The van der Waals surface area contributed by atoms with Crippen LogP contribution in [-0.4, -0.2) is 15.0 Å². The molecule has 0 amide bonds. The maximum absolute atomic E-state index is 13.6. The minimum absolute atomic E-state index is 0.0197. The van der Waals surface area contributed by atoms with E-state index < -0.39 is 26.6 Å².